The van der Waals surface area contributed by atoms with E-state index in [-0.39, 0.29) is 5.41 Å². The molecule has 4 aliphatic carbocycles. The highest BCUT2D eigenvalue weighted by Gasteiger charge is 2.52. The summed E-state index contributed by atoms with van der Waals surface area (Å²) in [5, 5.41) is 2.61. The minimum atomic E-state index is 0.234. The lowest BCUT2D eigenvalue weighted by Crippen LogP contribution is -2.36. The SMILES string of the molecule is O=C1CCC2(CC3C=CC2C3)c2cc3cc(C4CCCCC4)ccc3cc21. The zero-order chi connectivity index (χ0) is 18.0. The van der Waals surface area contributed by atoms with Gasteiger partial charge in [-0.1, -0.05) is 49.6 Å². The first-order chi connectivity index (χ1) is 13.2. The molecule has 2 saturated carbocycles. The van der Waals surface area contributed by atoms with E-state index in [4.69, 9.17) is 0 Å². The third kappa shape index (κ3) is 2.33. The highest BCUT2D eigenvalue weighted by atomic mass is 16.1. The van der Waals surface area contributed by atoms with E-state index in [1.54, 1.807) is 0 Å². The Morgan fingerprint density at radius 3 is 2.59 bits per heavy atom. The maximum absolute atomic E-state index is 12.8. The third-order valence-electron chi connectivity index (χ3n) is 8.22. The number of ketones is 1. The van der Waals surface area contributed by atoms with Crippen LogP contribution in [-0.2, 0) is 5.41 Å². The van der Waals surface area contributed by atoms with Crippen molar-refractivity contribution >= 4 is 16.6 Å². The fourth-order valence-corrected chi connectivity index (χ4v) is 6.81. The second-order valence-electron chi connectivity index (χ2n) is 9.61. The fraction of sp³-hybridized carbons (Fsp3) is 0.500. The number of benzene rings is 2. The molecule has 0 amide bonds. The monoisotopic (exact) mass is 356 g/mol. The van der Waals surface area contributed by atoms with E-state index in [2.05, 4.69) is 42.5 Å². The van der Waals surface area contributed by atoms with E-state index >= 15 is 0 Å². The van der Waals surface area contributed by atoms with Gasteiger partial charge in [-0.3, -0.25) is 4.79 Å². The molecule has 0 N–H and O–H groups in total. The number of allylic oxidation sites excluding steroid dienone is 2. The number of fused-ring (bicyclic) bond motifs is 6. The summed E-state index contributed by atoms with van der Waals surface area (Å²) >= 11 is 0. The van der Waals surface area contributed by atoms with E-state index in [1.807, 2.05) is 0 Å². The van der Waals surface area contributed by atoms with Crippen LogP contribution in [0.2, 0.25) is 0 Å². The molecule has 1 nitrogen and oxygen atoms in total. The average Bonchev–Trinajstić information content (AvgIpc) is 3.32. The Morgan fingerprint density at radius 1 is 0.926 bits per heavy atom. The Morgan fingerprint density at radius 2 is 1.81 bits per heavy atom. The molecule has 138 valence electrons. The average molecular weight is 357 g/mol. The van der Waals surface area contributed by atoms with E-state index < -0.39 is 0 Å². The van der Waals surface area contributed by atoms with Crippen molar-refractivity contribution in [2.45, 2.75) is 69.1 Å². The molecule has 2 fully saturated rings. The van der Waals surface area contributed by atoms with Crippen LogP contribution in [0.3, 0.4) is 0 Å². The van der Waals surface area contributed by atoms with Crippen molar-refractivity contribution in [3.05, 3.63) is 59.2 Å². The molecule has 0 aliphatic heterocycles. The number of rotatable bonds is 1. The Labute approximate surface area is 161 Å². The molecule has 2 bridgehead atoms. The van der Waals surface area contributed by atoms with Crippen molar-refractivity contribution in [3.8, 4) is 0 Å². The fourth-order valence-electron chi connectivity index (χ4n) is 6.81. The largest absolute Gasteiger partial charge is 0.294 e. The summed E-state index contributed by atoms with van der Waals surface area (Å²) in [6, 6.07) is 11.7. The van der Waals surface area contributed by atoms with Gasteiger partial charge in [-0.05, 0) is 83.9 Å². The van der Waals surface area contributed by atoms with Gasteiger partial charge in [0.05, 0.1) is 0 Å². The van der Waals surface area contributed by atoms with Crippen LogP contribution in [0.15, 0.2) is 42.5 Å². The molecule has 2 aromatic rings. The molecule has 4 aliphatic rings. The van der Waals surface area contributed by atoms with Gasteiger partial charge in [-0.2, -0.15) is 0 Å². The van der Waals surface area contributed by atoms with Crippen molar-refractivity contribution in [1.29, 1.82) is 0 Å². The predicted octanol–water partition coefficient (Wildman–Crippen LogP) is 6.70. The summed E-state index contributed by atoms with van der Waals surface area (Å²) in [5.41, 5.74) is 4.16. The lowest BCUT2D eigenvalue weighted by atomic mass is 9.62. The van der Waals surface area contributed by atoms with Gasteiger partial charge in [0.25, 0.3) is 0 Å². The molecule has 1 heteroatoms. The maximum atomic E-state index is 12.8. The molecule has 3 unspecified atom stereocenters. The molecule has 0 saturated heterocycles. The lowest BCUT2D eigenvalue weighted by molar-refractivity contribution is 0.0944. The quantitative estimate of drug-likeness (QED) is 0.520. The number of carbonyl (C=O) groups is 1. The van der Waals surface area contributed by atoms with Crippen LogP contribution >= 0.6 is 0 Å². The normalized spacial score (nSPS) is 32.5. The molecule has 3 atom stereocenters. The predicted molar refractivity (Wildman–Crippen MR) is 110 cm³/mol. The third-order valence-corrected chi connectivity index (χ3v) is 8.22. The zero-order valence-corrected chi connectivity index (χ0v) is 16.0. The van der Waals surface area contributed by atoms with E-state index in [9.17, 15) is 4.79 Å². The van der Waals surface area contributed by atoms with E-state index in [0.29, 0.717) is 11.7 Å². The molecule has 0 radical (unpaired) electrons. The first kappa shape index (κ1) is 16.1. The van der Waals surface area contributed by atoms with Crippen molar-refractivity contribution < 1.29 is 4.79 Å². The Hall–Kier alpha value is -1.89. The molecule has 2 aromatic carbocycles. The summed E-state index contributed by atoms with van der Waals surface area (Å²) in [7, 11) is 0. The minimum Gasteiger partial charge on any atom is -0.294 e. The van der Waals surface area contributed by atoms with Gasteiger partial charge in [-0.15, -0.1) is 0 Å². The first-order valence-electron chi connectivity index (χ1n) is 11.0. The Balaban J connectivity index is 1.50. The standard InChI is InChI=1S/C26H28O/c27-25-10-11-26(16-17-6-9-22(26)12-17)24-15-21-13-19(18-4-2-1-3-5-18)7-8-20(21)14-23(24)25/h6-9,13-15,17-18,22H,1-5,10-12,16H2. The van der Waals surface area contributed by atoms with Crippen molar-refractivity contribution in [1.82, 2.24) is 0 Å². The van der Waals surface area contributed by atoms with Crippen molar-refractivity contribution in [2.75, 3.05) is 0 Å². The maximum Gasteiger partial charge on any atom is 0.163 e. The molecule has 6 rings (SSSR count). The zero-order valence-electron chi connectivity index (χ0n) is 16.0. The smallest absolute Gasteiger partial charge is 0.163 e. The molecular formula is C26H28O. The van der Waals surface area contributed by atoms with Crippen LogP contribution in [0.25, 0.3) is 10.8 Å². The molecular weight excluding hydrogens is 328 g/mol. The number of hydrogen-bond donors (Lipinski definition) is 0. The molecule has 0 aromatic heterocycles. The lowest BCUT2D eigenvalue weighted by Gasteiger charge is -2.40. The Kier molecular flexibility index (Phi) is 3.46. The van der Waals surface area contributed by atoms with E-state index in [1.165, 1.54) is 66.8 Å². The highest BCUT2D eigenvalue weighted by Crippen LogP contribution is 2.58. The summed E-state index contributed by atoms with van der Waals surface area (Å²) < 4.78 is 0. The number of carbonyl (C=O) groups excluding carboxylic acids is 1. The Bertz CT molecular complexity index is 962. The van der Waals surface area contributed by atoms with Gasteiger partial charge < -0.3 is 0 Å². The molecule has 1 spiro atoms. The van der Waals surface area contributed by atoms with Crippen molar-refractivity contribution in [3.63, 3.8) is 0 Å². The summed E-state index contributed by atoms with van der Waals surface area (Å²) in [5.74, 6) is 2.48. The number of Topliss-reactive ketones (excluding diaryl/α,β-unsaturated/α-hetero) is 1. The second-order valence-corrected chi connectivity index (χ2v) is 9.61. The minimum absolute atomic E-state index is 0.234. The van der Waals surface area contributed by atoms with Crippen LogP contribution in [0.5, 0.6) is 0 Å². The van der Waals surface area contributed by atoms with Crippen LogP contribution in [0.1, 0.15) is 85.2 Å². The van der Waals surface area contributed by atoms with Crippen LogP contribution in [-0.4, -0.2) is 5.78 Å². The van der Waals surface area contributed by atoms with Crippen molar-refractivity contribution in [2.24, 2.45) is 11.8 Å². The highest BCUT2D eigenvalue weighted by molar-refractivity contribution is 6.03. The number of hydrogen-bond acceptors (Lipinski definition) is 1. The summed E-state index contributed by atoms with van der Waals surface area (Å²) in [6.07, 6.45) is 16.0. The van der Waals surface area contributed by atoms with E-state index in [0.717, 1.165) is 30.2 Å². The van der Waals surface area contributed by atoms with Gasteiger partial charge in [-0.25, -0.2) is 0 Å². The topological polar surface area (TPSA) is 17.1 Å². The van der Waals surface area contributed by atoms with Crippen LogP contribution in [0, 0.1) is 11.8 Å². The summed E-state index contributed by atoms with van der Waals surface area (Å²) in [6.45, 7) is 0. The van der Waals surface area contributed by atoms with Gasteiger partial charge in [0.15, 0.2) is 5.78 Å². The summed E-state index contributed by atoms with van der Waals surface area (Å²) in [4.78, 5) is 12.8. The van der Waals surface area contributed by atoms with Gasteiger partial charge in [0.2, 0.25) is 0 Å². The second kappa shape index (κ2) is 5.80. The van der Waals surface area contributed by atoms with Gasteiger partial charge >= 0.3 is 0 Å². The van der Waals surface area contributed by atoms with Crippen LogP contribution < -0.4 is 0 Å². The van der Waals surface area contributed by atoms with Crippen LogP contribution in [0.4, 0.5) is 0 Å². The molecule has 27 heavy (non-hydrogen) atoms. The molecule has 0 heterocycles. The first-order valence-corrected chi connectivity index (χ1v) is 11.0. The van der Waals surface area contributed by atoms with Gasteiger partial charge in [0, 0.05) is 17.4 Å². The van der Waals surface area contributed by atoms with Gasteiger partial charge in [0.1, 0.15) is 0 Å².